The van der Waals surface area contributed by atoms with Gasteiger partial charge in [-0.3, -0.25) is 4.79 Å². The number of methoxy groups -OCH3 is 1. The van der Waals surface area contributed by atoms with Crippen LogP contribution < -0.4 is 10.1 Å². The Hall–Kier alpha value is -3.03. The summed E-state index contributed by atoms with van der Waals surface area (Å²) in [5, 5.41) is 11.8. The summed E-state index contributed by atoms with van der Waals surface area (Å²) in [6, 6.07) is 9.14. The quantitative estimate of drug-likeness (QED) is 0.731. The van der Waals surface area contributed by atoms with E-state index in [1.54, 1.807) is 6.07 Å². The number of nitriles is 1. The van der Waals surface area contributed by atoms with Crippen LogP contribution in [0.1, 0.15) is 24.4 Å². The zero-order valence-corrected chi connectivity index (χ0v) is 17.5. The Labute approximate surface area is 179 Å². The van der Waals surface area contributed by atoms with Crippen molar-refractivity contribution >= 4 is 15.9 Å². The maximum absolute atomic E-state index is 14.0. The molecule has 0 aliphatic carbocycles. The Bertz CT molecular complexity index is 1100. The van der Waals surface area contributed by atoms with E-state index in [0.29, 0.717) is 24.7 Å². The molecule has 1 aliphatic rings. The van der Waals surface area contributed by atoms with Crippen LogP contribution >= 0.6 is 0 Å². The molecule has 1 saturated heterocycles. The van der Waals surface area contributed by atoms with Crippen LogP contribution in [0.15, 0.2) is 47.4 Å². The zero-order chi connectivity index (χ0) is 22.6. The molecule has 2 unspecified atom stereocenters. The maximum atomic E-state index is 14.0. The summed E-state index contributed by atoms with van der Waals surface area (Å²) in [5.41, 5.74) is -0.157. The van der Waals surface area contributed by atoms with Gasteiger partial charge in [-0.15, -0.1) is 0 Å². The molecule has 1 amide bonds. The number of piperidine rings is 1. The number of carbonyl (C=O) groups excluding carboxylic acids is 1. The highest BCUT2D eigenvalue weighted by Gasteiger charge is 2.34. The molecule has 2 aromatic carbocycles. The molecule has 2 atom stereocenters. The van der Waals surface area contributed by atoms with E-state index in [2.05, 4.69) is 5.32 Å². The lowest BCUT2D eigenvalue weighted by atomic mass is 9.97. The van der Waals surface area contributed by atoms with Gasteiger partial charge in [-0.05, 0) is 43.2 Å². The molecule has 1 heterocycles. The molecule has 164 valence electrons. The average molecular weight is 449 g/mol. The molecule has 1 fully saturated rings. The van der Waals surface area contributed by atoms with Gasteiger partial charge in [0.25, 0.3) is 0 Å². The monoisotopic (exact) mass is 449 g/mol. The van der Waals surface area contributed by atoms with E-state index in [9.17, 15) is 27.3 Å². The first kappa shape index (κ1) is 22.7. The number of amides is 1. The summed E-state index contributed by atoms with van der Waals surface area (Å²) in [7, 11) is -2.34. The molecule has 0 saturated carbocycles. The SMILES string of the molecule is COc1ccc(S(=O)(=O)N2CCCC(C(=O)NC(C#N)c3ccc(F)cc3F)C2)cc1. The van der Waals surface area contributed by atoms with Gasteiger partial charge < -0.3 is 10.1 Å². The Kier molecular flexibility index (Phi) is 6.87. The van der Waals surface area contributed by atoms with E-state index in [1.165, 1.54) is 35.7 Å². The lowest BCUT2D eigenvalue weighted by Crippen LogP contribution is -2.46. The molecule has 0 radical (unpaired) electrons. The fourth-order valence-corrected chi connectivity index (χ4v) is 4.97. The van der Waals surface area contributed by atoms with Gasteiger partial charge >= 0.3 is 0 Å². The number of nitrogens with one attached hydrogen (secondary N) is 1. The lowest BCUT2D eigenvalue weighted by molar-refractivity contribution is -0.126. The van der Waals surface area contributed by atoms with Crippen LogP contribution in [0.2, 0.25) is 0 Å². The van der Waals surface area contributed by atoms with E-state index < -0.39 is 39.5 Å². The van der Waals surface area contributed by atoms with Crippen LogP contribution in [-0.2, 0) is 14.8 Å². The minimum Gasteiger partial charge on any atom is -0.497 e. The maximum Gasteiger partial charge on any atom is 0.243 e. The molecular formula is C21H21F2N3O4S. The van der Waals surface area contributed by atoms with Crippen LogP contribution in [0.3, 0.4) is 0 Å². The van der Waals surface area contributed by atoms with Crippen LogP contribution in [0, 0.1) is 28.9 Å². The van der Waals surface area contributed by atoms with Crippen LogP contribution in [0.5, 0.6) is 5.75 Å². The molecule has 2 aromatic rings. The summed E-state index contributed by atoms with van der Waals surface area (Å²) in [4.78, 5) is 12.8. The summed E-state index contributed by atoms with van der Waals surface area (Å²) in [5.74, 6) is -2.49. The number of hydrogen-bond acceptors (Lipinski definition) is 5. The zero-order valence-electron chi connectivity index (χ0n) is 16.7. The lowest BCUT2D eigenvalue weighted by Gasteiger charge is -2.31. The Morgan fingerprint density at radius 3 is 2.58 bits per heavy atom. The predicted molar refractivity (Wildman–Crippen MR) is 107 cm³/mol. The molecule has 0 spiro atoms. The fraction of sp³-hybridized carbons (Fsp3) is 0.333. The molecular weight excluding hydrogens is 428 g/mol. The minimum absolute atomic E-state index is 0.0652. The third-order valence-electron chi connectivity index (χ3n) is 5.14. The molecule has 1 aliphatic heterocycles. The van der Waals surface area contributed by atoms with Gasteiger partial charge in [0.05, 0.1) is 24.0 Å². The molecule has 3 rings (SSSR count). The number of sulfonamides is 1. The largest absolute Gasteiger partial charge is 0.497 e. The van der Waals surface area contributed by atoms with E-state index in [4.69, 9.17) is 4.74 Å². The van der Waals surface area contributed by atoms with Gasteiger partial charge in [0, 0.05) is 24.7 Å². The van der Waals surface area contributed by atoms with Crippen molar-refractivity contribution in [1.29, 1.82) is 5.26 Å². The standard InChI is InChI=1S/C21H21F2N3O4S/c1-30-16-5-7-17(8-6-16)31(28,29)26-10-2-3-14(13-26)21(27)25-20(12-24)18-9-4-15(22)11-19(18)23/h4-9,11,14,20H,2-3,10,13H2,1H3,(H,25,27). The van der Waals surface area contributed by atoms with Crippen LogP contribution in [0.25, 0.3) is 0 Å². The van der Waals surface area contributed by atoms with Crippen molar-refractivity contribution in [3.8, 4) is 11.8 Å². The Balaban J connectivity index is 1.73. The normalized spacial score (nSPS) is 18.1. The highest BCUT2D eigenvalue weighted by atomic mass is 32.2. The van der Waals surface area contributed by atoms with E-state index >= 15 is 0 Å². The van der Waals surface area contributed by atoms with E-state index in [0.717, 1.165) is 12.1 Å². The number of carbonyl (C=O) groups is 1. The van der Waals surface area contributed by atoms with E-state index in [-0.39, 0.29) is 23.5 Å². The van der Waals surface area contributed by atoms with Gasteiger partial charge in [0.1, 0.15) is 23.4 Å². The smallest absolute Gasteiger partial charge is 0.243 e. The van der Waals surface area contributed by atoms with Gasteiger partial charge in [-0.25, -0.2) is 17.2 Å². The number of benzene rings is 2. The topological polar surface area (TPSA) is 99.5 Å². The van der Waals surface area contributed by atoms with Crippen molar-refractivity contribution < 1.29 is 26.7 Å². The molecule has 31 heavy (non-hydrogen) atoms. The summed E-state index contributed by atoms with van der Waals surface area (Å²) >= 11 is 0. The van der Waals surface area contributed by atoms with Crippen molar-refractivity contribution in [2.24, 2.45) is 5.92 Å². The number of halogens is 2. The molecule has 1 N–H and O–H groups in total. The van der Waals surface area contributed by atoms with Gasteiger partial charge in [0.15, 0.2) is 0 Å². The first-order chi connectivity index (χ1) is 14.8. The van der Waals surface area contributed by atoms with Crippen molar-refractivity contribution in [3.05, 3.63) is 59.7 Å². The summed E-state index contributed by atoms with van der Waals surface area (Å²) in [6.07, 6.45) is 0.875. The van der Waals surface area contributed by atoms with Crippen molar-refractivity contribution in [2.45, 2.75) is 23.8 Å². The summed E-state index contributed by atoms with van der Waals surface area (Å²) < 4.78 is 59.3. The predicted octanol–water partition coefficient (Wildman–Crippen LogP) is 2.76. The fourth-order valence-electron chi connectivity index (χ4n) is 3.45. The number of hydrogen-bond donors (Lipinski definition) is 1. The van der Waals surface area contributed by atoms with Gasteiger partial charge in [-0.2, -0.15) is 9.57 Å². The second-order valence-corrected chi connectivity index (χ2v) is 9.05. The number of nitrogens with zero attached hydrogens (tertiary/aromatic N) is 2. The average Bonchev–Trinajstić information content (AvgIpc) is 2.78. The van der Waals surface area contributed by atoms with Crippen LogP contribution in [-0.4, -0.2) is 38.8 Å². The Morgan fingerprint density at radius 1 is 1.26 bits per heavy atom. The number of rotatable bonds is 6. The molecule has 0 bridgehead atoms. The number of ether oxygens (including phenoxy) is 1. The van der Waals surface area contributed by atoms with Gasteiger partial charge in [-0.1, -0.05) is 6.07 Å². The third-order valence-corrected chi connectivity index (χ3v) is 7.02. The third kappa shape index (κ3) is 5.00. The second kappa shape index (κ2) is 9.41. The van der Waals surface area contributed by atoms with Crippen LogP contribution in [0.4, 0.5) is 8.78 Å². The van der Waals surface area contributed by atoms with Crippen molar-refractivity contribution in [2.75, 3.05) is 20.2 Å². The highest BCUT2D eigenvalue weighted by molar-refractivity contribution is 7.89. The van der Waals surface area contributed by atoms with Gasteiger partial charge in [0.2, 0.25) is 15.9 Å². The Morgan fingerprint density at radius 2 is 1.97 bits per heavy atom. The second-order valence-electron chi connectivity index (χ2n) is 7.11. The molecule has 10 heteroatoms. The first-order valence-corrected chi connectivity index (χ1v) is 11.0. The molecule has 7 nitrogen and oxygen atoms in total. The minimum atomic E-state index is -3.82. The first-order valence-electron chi connectivity index (χ1n) is 9.55. The highest BCUT2D eigenvalue weighted by Crippen LogP contribution is 2.26. The molecule has 0 aromatic heterocycles. The van der Waals surface area contributed by atoms with Crippen molar-refractivity contribution in [1.82, 2.24) is 9.62 Å². The van der Waals surface area contributed by atoms with E-state index in [1.807, 2.05) is 0 Å². The van der Waals surface area contributed by atoms with Crippen molar-refractivity contribution in [3.63, 3.8) is 0 Å². The summed E-state index contributed by atoms with van der Waals surface area (Å²) in [6.45, 7) is 0.191.